The van der Waals surface area contributed by atoms with Crippen molar-refractivity contribution in [3.63, 3.8) is 0 Å². The van der Waals surface area contributed by atoms with Gasteiger partial charge in [0.1, 0.15) is 10.7 Å². The number of thiocarbonyl (C=S) groups is 1. The number of rotatable bonds is 6. The highest BCUT2D eigenvalue weighted by Gasteiger charge is 2.05. The molecule has 1 rings (SSSR count). The monoisotopic (exact) mass is 238 g/mol. The van der Waals surface area contributed by atoms with Crippen LogP contribution >= 0.6 is 12.2 Å². The summed E-state index contributed by atoms with van der Waals surface area (Å²) in [7, 11) is 0. The largest absolute Gasteiger partial charge is 0.388 e. The maximum Gasteiger partial charge on any atom is 0.223 e. The van der Waals surface area contributed by atoms with Gasteiger partial charge in [0.2, 0.25) is 5.95 Å². The van der Waals surface area contributed by atoms with Gasteiger partial charge in [0.05, 0.1) is 0 Å². The van der Waals surface area contributed by atoms with Crippen LogP contribution in [0.3, 0.4) is 0 Å². The second-order valence-corrected chi connectivity index (χ2v) is 4.13. The van der Waals surface area contributed by atoms with Crippen LogP contribution in [0.1, 0.15) is 32.4 Å². The third-order valence-electron chi connectivity index (χ3n) is 2.61. The molecule has 0 aliphatic carbocycles. The van der Waals surface area contributed by atoms with Crippen molar-refractivity contribution >= 4 is 23.2 Å². The fourth-order valence-corrected chi connectivity index (χ4v) is 1.51. The molecule has 0 saturated heterocycles. The Morgan fingerprint density at radius 3 is 2.75 bits per heavy atom. The molecule has 1 aromatic rings. The van der Waals surface area contributed by atoms with Gasteiger partial charge in [0.15, 0.2) is 0 Å². The molecule has 3 N–H and O–H groups in total. The van der Waals surface area contributed by atoms with E-state index in [2.05, 4.69) is 29.1 Å². The summed E-state index contributed by atoms with van der Waals surface area (Å²) in [5.74, 6) is 1.24. The number of aromatic nitrogens is 2. The van der Waals surface area contributed by atoms with E-state index in [0.29, 0.717) is 22.5 Å². The van der Waals surface area contributed by atoms with Crippen molar-refractivity contribution in [2.24, 2.45) is 11.7 Å². The summed E-state index contributed by atoms with van der Waals surface area (Å²) in [6.07, 6.45) is 3.97. The Kier molecular flexibility index (Phi) is 5.11. The molecule has 0 saturated carbocycles. The maximum atomic E-state index is 5.50. The van der Waals surface area contributed by atoms with Gasteiger partial charge in [-0.3, -0.25) is 0 Å². The van der Waals surface area contributed by atoms with Gasteiger partial charge in [-0.2, -0.15) is 0 Å². The topological polar surface area (TPSA) is 63.8 Å². The lowest BCUT2D eigenvalue weighted by Gasteiger charge is -2.13. The lowest BCUT2D eigenvalue weighted by molar-refractivity contribution is 0.517. The molecule has 4 nitrogen and oxygen atoms in total. The third-order valence-corrected chi connectivity index (χ3v) is 2.82. The second-order valence-electron chi connectivity index (χ2n) is 3.69. The first-order chi connectivity index (χ1) is 7.67. The van der Waals surface area contributed by atoms with Crippen molar-refractivity contribution in [1.29, 1.82) is 0 Å². The minimum Gasteiger partial charge on any atom is -0.388 e. The lowest BCUT2D eigenvalue weighted by atomic mass is 10.0. The van der Waals surface area contributed by atoms with Crippen molar-refractivity contribution in [3.8, 4) is 0 Å². The van der Waals surface area contributed by atoms with E-state index in [1.165, 1.54) is 0 Å². The first-order valence-corrected chi connectivity index (χ1v) is 5.94. The van der Waals surface area contributed by atoms with Gasteiger partial charge in [-0.25, -0.2) is 9.97 Å². The van der Waals surface area contributed by atoms with Gasteiger partial charge in [-0.15, -0.1) is 0 Å². The maximum absolute atomic E-state index is 5.50. The fourth-order valence-electron chi connectivity index (χ4n) is 1.39. The molecule has 16 heavy (non-hydrogen) atoms. The second kappa shape index (κ2) is 6.37. The zero-order chi connectivity index (χ0) is 12.0. The highest BCUT2D eigenvalue weighted by atomic mass is 32.1. The van der Waals surface area contributed by atoms with E-state index in [1.807, 2.05) is 0 Å². The van der Waals surface area contributed by atoms with Crippen LogP contribution in [0.4, 0.5) is 5.95 Å². The minimum atomic E-state index is 0.299. The molecule has 88 valence electrons. The summed E-state index contributed by atoms with van der Waals surface area (Å²) in [5.41, 5.74) is 6.11. The van der Waals surface area contributed by atoms with Crippen molar-refractivity contribution in [3.05, 3.63) is 18.0 Å². The van der Waals surface area contributed by atoms with Crippen molar-refractivity contribution in [2.45, 2.75) is 26.7 Å². The quantitative estimate of drug-likeness (QED) is 0.742. The first kappa shape index (κ1) is 12.8. The molecule has 1 aromatic heterocycles. The Balaban J connectivity index is 2.60. The van der Waals surface area contributed by atoms with Crippen molar-refractivity contribution in [2.75, 3.05) is 11.9 Å². The Morgan fingerprint density at radius 2 is 2.19 bits per heavy atom. The number of hydrogen-bond donors (Lipinski definition) is 2. The van der Waals surface area contributed by atoms with E-state index >= 15 is 0 Å². The van der Waals surface area contributed by atoms with Gasteiger partial charge >= 0.3 is 0 Å². The smallest absolute Gasteiger partial charge is 0.223 e. The van der Waals surface area contributed by atoms with E-state index in [9.17, 15) is 0 Å². The van der Waals surface area contributed by atoms with E-state index in [1.54, 1.807) is 12.3 Å². The van der Waals surface area contributed by atoms with Crippen LogP contribution in [-0.2, 0) is 0 Å². The minimum absolute atomic E-state index is 0.299. The molecular weight excluding hydrogens is 220 g/mol. The lowest BCUT2D eigenvalue weighted by Crippen LogP contribution is -2.17. The highest BCUT2D eigenvalue weighted by Crippen LogP contribution is 2.08. The molecule has 0 atom stereocenters. The van der Waals surface area contributed by atoms with Crippen LogP contribution in [0.25, 0.3) is 0 Å². The first-order valence-electron chi connectivity index (χ1n) is 5.54. The van der Waals surface area contributed by atoms with Crippen LogP contribution in [0, 0.1) is 5.92 Å². The predicted molar refractivity (Wildman–Crippen MR) is 70.5 cm³/mol. The molecule has 0 spiro atoms. The summed E-state index contributed by atoms with van der Waals surface area (Å²) in [4.78, 5) is 8.65. The normalized spacial score (nSPS) is 10.4. The highest BCUT2D eigenvalue weighted by molar-refractivity contribution is 7.80. The molecule has 0 radical (unpaired) electrons. The Bertz CT molecular complexity index is 350. The molecule has 0 aromatic carbocycles. The SMILES string of the molecule is CCC(CC)CNc1nccc(C(N)=S)n1. The van der Waals surface area contributed by atoms with Crippen molar-refractivity contribution in [1.82, 2.24) is 9.97 Å². The molecule has 0 bridgehead atoms. The average molecular weight is 238 g/mol. The number of nitrogens with zero attached hydrogens (tertiary/aromatic N) is 2. The molecule has 1 heterocycles. The van der Waals surface area contributed by atoms with Gasteiger partial charge in [-0.1, -0.05) is 38.9 Å². The van der Waals surface area contributed by atoms with Crippen LogP contribution < -0.4 is 11.1 Å². The summed E-state index contributed by atoms with van der Waals surface area (Å²) in [5, 5.41) is 3.20. The number of nitrogens with one attached hydrogen (secondary N) is 1. The van der Waals surface area contributed by atoms with Crippen molar-refractivity contribution < 1.29 is 0 Å². The summed E-state index contributed by atoms with van der Waals surface area (Å²) >= 11 is 4.86. The number of nitrogens with two attached hydrogens (primary N) is 1. The van der Waals surface area contributed by atoms with E-state index in [-0.39, 0.29) is 0 Å². The van der Waals surface area contributed by atoms with Gasteiger partial charge in [0, 0.05) is 12.7 Å². The van der Waals surface area contributed by atoms with Crippen LogP contribution in [0.5, 0.6) is 0 Å². The molecule has 0 aliphatic rings. The van der Waals surface area contributed by atoms with E-state index in [0.717, 1.165) is 19.4 Å². The zero-order valence-electron chi connectivity index (χ0n) is 9.73. The van der Waals surface area contributed by atoms with Crippen LogP contribution in [0.2, 0.25) is 0 Å². The summed E-state index contributed by atoms with van der Waals surface area (Å²) in [6, 6.07) is 1.71. The van der Waals surface area contributed by atoms with Gasteiger partial charge < -0.3 is 11.1 Å². The van der Waals surface area contributed by atoms with Crippen LogP contribution in [0.15, 0.2) is 12.3 Å². The number of anilines is 1. The molecule has 0 unspecified atom stereocenters. The van der Waals surface area contributed by atoms with Gasteiger partial charge in [0.25, 0.3) is 0 Å². The van der Waals surface area contributed by atoms with Gasteiger partial charge in [-0.05, 0) is 12.0 Å². The Morgan fingerprint density at radius 1 is 1.50 bits per heavy atom. The summed E-state index contributed by atoms with van der Waals surface area (Å²) < 4.78 is 0. The molecule has 0 aliphatic heterocycles. The number of hydrogen-bond acceptors (Lipinski definition) is 4. The molecule has 0 fully saturated rings. The fraction of sp³-hybridized carbons (Fsp3) is 0.545. The summed E-state index contributed by atoms with van der Waals surface area (Å²) in [6.45, 7) is 5.25. The van der Waals surface area contributed by atoms with Crippen LogP contribution in [-0.4, -0.2) is 21.5 Å². The zero-order valence-corrected chi connectivity index (χ0v) is 10.5. The standard InChI is InChI=1S/C11H18N4S/c1-3-8(4-2)7-14-11-13-6-5-9(15-11)10(12)16/h5-6,8H,3-4,7H2,1-2H3,(H2,12,16)(H,13,14,15). The molecule has 0 amide bonds. The molecule has 5 heteroatoms. The van der Waals surface area contributed by atoms with E-state index < -0.39 is 0 Å². The van der Waals surface area contributed by atoms with E-state index in [4.69, 9.17) is 18.0 Å². The Labute approximate surface area is 102 Å². The average Bonchev–Trinajstić information content (AvgIpc) is 2.31. The predicted octanol–water partition coefficient (Wildman–Crippen LogP) is 1.96. The third kappa shape index (κ3) is 3.73. The molecular formula is C11H18N4S. The Hall–Kier alpha value is -1.23.